The minimum absolute atomic E-state index is 0.0863. The summed E-state index contributed by atoms with van der Waals surface area (Å²) in [5.41, 5.74) is 0.634. The molecule has 0 spiro atoms. The number of amides is 1. The average molecular weight is 317 g/mol. The maximum Gasteiger partial charge on any atom is 0.343 e. The van der Waals surface area contributed by atoms with Crippen LogP contribution in [0.5, 0.6) is 5.75 Å². The van der Waals surface area contributed by atoms with Crippen LogP contribution in [0.3, 0.4) is 0 Å². The van der Waals surface area contributed by atoms with Crippen molar-refractivity contribution in [2.75, 3.05) is 38.2 Å². The Labute approximate surface area is 133 Å². The largest absolute Gasteiger partial charge is 0.495 e. The molecule has 1 aromatic carbocycles. The number of rotatable bonds is 3. The average Bonchev–Trinajstić information content (AvgIpc) is 2.93. The lowest BCUT2D eigenvalue weighted by atomic mass is 10.2. The first-order chi connectivity index (χ1) is 11.1. The molecule has 1 aromatic heterocycles. The Hall–Kier alpha value is -2.77. The third-order valence-electron chi connectivity index (χ3n) is 3.96. The number of aryl methyl sites for hydroxylation is 1. The summed E-state index contributed by atoms with van der Waals surface area (Å²) >= 11 is 0. The minimum Gasteiger partial charge on any atom is -0.495 e. The zero-order chi connectivity index (χ0) is 16.4. The normalized spacial score (nSPS) is 14.9. The molecule has 8 heteroatoms. The van der Waals surface area contributed by atoms with Crippen molar-refractivity contribution >= 4 is 11.6 Å². The van der Waals surface area contributed by atoms with Crippen molar-refractivity contribution in [1.29, 1.82) is 0 Å². The zero-order valence-corrected chi connectivity index (χ0v) is 13.2. The van der Waals surface area contributed by atoms with Crippen molar-refractivity contribution in [2.45, 2.75) is 0 Å². The number of benzene rings is 1. The van der Waals surface area contributed by atoms with Gasteiger partial charge in [0.05, 0.1) is 12.8 Å². The molecule has 122 valence electrons. The number of carbonyl (C=O) groups excluding carboxylic acids is 1. The van der Waals surface area contributed by atoms with Gasteiger partial charge in [-0.25, -0.2) is 9.48 Å². The first kappa shape index (κ1) is 15.1. The Morgan fingerprint density at radius 3 is 2.52 bits per heavy atom. The Bertz CT molecular complexity index is 758. The number of ether oxygens (including phenoxy) is 1. The van der Waals surface area contributed by atoms with Gasteiger partial charge in [0.2, 0.25) is 5.82 Å². The summed E-state index contributed by atoms with van der Waals surface area (Å²) in [7, 11) is 3.16. The van der Waals surface area contributed by atoms with Crippen molar-refractivity contribution in [3.63, 3.8) is 0 Å². The number of hydrogen-bond donors (Lipinski definition) is 1. The molecule has 0 bridgehead atoms. The molecule has 2 aromatic rings. The Morgan fingerprint density at radius 1 is 1.22 bits per heavy atom. The predicted molar refractivity (Wildman–Crippen MR) is 84.9 cm³/mol. The number of H-pyrrole nitrogens is 1. The molecule has 1 saturated heterocycles. The van der Waals surface area contributed by atoms with Crippen LogP contribution in [0.2, 0.25) is 0 Å². The molecular formula is C15H19N5O3. The van der Waals surface area contributed by atoms with Crippen LogP contribution in [0.4, 0.5) is 5.69 Å². The van der Waals surface area contributed by atoms with Gasteiger partial charge in [0.15, 0.2) is 0 Å². The second kappa shape index (κ2) is 6.15. The van der Waals surface area contributed by atoms with Gasteiger partial charge in [-0.15, -0.1) is 5.10 Å². The molecule has 0 saturated carbocycles. The molecule has 1 N–H and O–H groups in total. The molecule has 1 amide bonds. The molecule has 2 heterocycles. The summed E-state index contributed by atoms with van der Waals surface area (Å²) in [6.07, 6.45) is 0. The van der Waals surface area contributed by atoms with Gasteiger partial charge in [-0.05, 0) is 12.1 Å². The van der Waals surface area contributed by atoms with E-state index < -0.39 is 0 Å². The summed E-state index contributed by atoms with van der Waals surface area (Å²) in [6.45, 7) is 2.53. The maximum absolute atomic E-state index is 12.4. The van der Waals surface area contributed by atoms with Crippen molar-refractivity contribution in [3.8, 4) is 5.75 Å². The number of methoxy groups -OCH3 is 1. The number of hydrogen-bond acceptors (Lipinski definition) is 5. The number of nitrogens with one attached hydrogen (secondary N) is 1. The fraction of sp³-hybridized carbons (Fsp3) is 0.400. The highest BCUT2D eigenvalue weighted by Gasteiger charge is 2.25. The fourth-order valence-electron chi connectivity index (χ4n) is 2.69. The third kappa shape index (κ3) is 2.92. The van der Waals surface area contributed by atoms with Crippen LogP contribution >= 0.6 is 0 Å². The van der Waals surface area contributed by atoms with Gasteiger partial charge in [0, 0.05) is 33.2 Å². The van der Waals surface area contributed by atoms with E-state index in [-0.39, 0.29) is 17.4 Å². The van der Waals surface area contributed by atoms with Crippen LogP contribution in [0.15, 0.2) is 29.1 Å². The summed E-state index contributed by atoms with van der Waals surface area (Å²) in [5, 5.41) is 3.91. The molecule has 1 aliphatic heterocycles. The van der Waals surface area contributed by atoms with Gasteiger partial charge in [0.25, 0.3) is 5.91 Å². The lowest BCUT2D eigenvalue weighted by molar-refractivity contribution is 0.0734. The first-order valence-corrected chi connectivity index (χ1v) is 7.40. The maximum atomic E-state index is 12.4. The number of para-hydroxylation sites is 2. The summed E-state index contributed by atoms with van der Waals surface area (Å²) in [5.74, 6) is 0.659. The summed E-state index contributed by atoms with van der Waals surface area (Å²) in [4.78, 5) is 30.1. The smallest absolute Gasteiger partial charge is 0.343 e. The van der Waals surface area contributed by atoms with Gasteiger partial charge in [-0.3, -0.25) is 9.78 Å². The second-order valence-electron chi connectivity index (χ2n) is 5.35. The van der Waals surface area contributed by atoms with Crippen molar-refractivity contribution in [2.24, 2.45) is 7.05 Å². The lowest BCUT2D eigenvalue weighted by Crippen LogP contribution is -2.49. The summed E-state index contributed by atoms with van der Waals surface area (Å²) in [6, 6.07) is 7.82. The van der Waals surface area contributed by atoms with E-state index in [2.05, 4.69) is 15.0 Å². The standard InChI is InChI=1S/C15H19N5O3/c1-18-15(22)16-13(17-18)14(21)20-9-7-19(8-10-20)11-5-3-4-6-12(11)23-2/h3-6H,7-10H2,1-2H3,(H,16,17,22). The van der Waals surface area contributed by atoms with Crippen LogP contribution in [0.25, 0.3) is 0 Å². The number of aromatic nitrogens is 3. The Balaban J connectivity index is 1.68. The Kier molecular flexibility index (Phi) is 4.05. The third-order valence-corrected chi connectivity index (χ3v) is 3.96. The number of aromatic amines is 1. The minimum atomic E-state index is -0.388. The quantitative estimate of drug-likeness (QED) is 0.867. The number of piperazine rings is 1. The van der Waals surface area contributed by atoms with Crippen LogP contribution in [-0.2, 0) is 7.05 Å². The highest BCUT2D eigenvalue weighted by atomic mass is 16.5. The lowest BCUT2D eigenvalue weighted by Gasteiger charge is -2.36. The van der Waals surface area contributed by atoms with Crippen molar-refractivity contribution in [1.82, 2.24) is 19.7 Å². The van der Waals surface area contributed by atoms with E-state index in [0.717, 1.165) is 16.1 Å². The topological polar surface area (TPSA) is 83.5 Å². The van der Waals surface area contributed by atoms with Gasteiger partial charge in [-0.1, -0.05) is 12.1 Å². The fourth-order valence-corrected chi connectivity index (χ4v) is 2.69. The molecular weight excluding hydrogens is 298 g/mol. The number of nitrogens with zero attached hydrogens (tertiary/aromatic N) is 4. The molecule has 1 fully saturated rings. The zero-order valence-electron chi connectivity index (χ0n) is 13.2. The molecule has 3 rings (SSSR count). The predicted octanol–water partition coefficient (Wildman–Crippen LogP) is 0.0794. The van der Waals surface area contributed by atoms with Gasteiger partial charge in [-0.2, -0.15) is 0 Å². The molecule has 0 atom stereocenters. The van der Waals surface area contributed by atoms with Crippen molar-refractivity contribution in [3.05, 3.63) is 40.6 Å². The number of anilines is 1. The van der Waals surface area contributed by atoms with E-state index in [4.69, 9.17) is 4.74 Å². The van der Waals surface area contributed by atoms with Crippen LogP contribution in [0.1, 0.15) is 10.6 Å². The summed E-state index contributed by atoms with van der Waals surface area (Å²) < 4.78 is 6.51. The molecule has 8 nitrogen and oxygen atoms in total. The van der Waals surface area contributed by atoms with Crippen LogP contribution < -0.4 is 15.3 Å². The SMILES string of the molecule is COc1ccccc1N1CCN(C(=O)c2nn(C)c(=O)[nH]2)CC1. The van der Waals surface area contributed by atoms with E-state index >= 15 is 0 Å². The van der Waals surface area contributed by atoms with E-state index in [9.17, 15) is 9.59 Å². The van der Waals surface area contributed by atoms with E-state index in [1.165, 1.54) is 7.05 Å². The van der Waals surface area contributed by atoms with E-state index in [1.54, 1.807) is 12.0 Å². The monoisotopic (exact) mass is 317 g/mol. The van der Waals surface area contributed by atoms with Gasteiger partial charge < -0.3 is 14.5 Å². The second-order valence-corrected chi connectivity index (χ2v) is 5.35. The molecule has 1 aliphatic rings. The van der Waals surface area contributed by atoms with Crippen LogP contribution in [0, 0.1) is 0 Å². The first-order valence-electron chi connectivity index (χ1n) is 7.40. The Morgan fingerprint density at radius 2 is 1.91 bits per heavy atom. The molecule has 0 radical (unpaired) electrons. The van der Waals surface area contributed by atoms with Gasteiger partial charge in [0.1, 0.15) is 5.75 Å². The van der Waals surface area contributed by atoms with Gasteiger partial charge >= 0.3 is 5.69 Å². The highest BCUT2D eigenvalue weighted by Crippen LogP contribution is 2.28. The van der Waals surface area contributed by atoms with E-state index in [0.29, 0.717) is 26.2 Å². The molecule has 23 heavy (non-hydrogen) atoms. The number of carbonyl (C=O) groups is 1. The molecule has 0 aliphatic carbocycles. The molecule has 0 unspecified atom stereocenters. The van der Waals surface area contributed by atoms with Crippen molar-refractivity contribution < 1.29 is 9.53 Å². The van der Waals surface area contributed by atoms with Crippen LogP contribution in [-0.4, -0.2) is 58.9 Å². The highest BCUT2D eigenvalue weighted by molar-refractivity contribution is 5.90. The van der Waals surface area contributed by atoms with E-state index in [1.807, 2.05) is 24.3 Å².